The maximum absolute atomic E-state index is 11.6. The van der Waals surface area contributed by atoms with Crippen LogP contribution in [0.2, 0.25) is 0 Å². The van der Waals surface area contributed by atoms with Crippen LogP contribution in [0.3, 0.4) is 0 Å². The Balaban J connectivity index is 2.64. The molecule has 1 aromatic rings. The number of nitrogens with two attached hydrogens (primary N) is 1. The molecule has 1 rings (SSSR count). The van der Waals surface area contributed by atoms with Crippen molar-refractivity contribution in [2.24, 2.45) is 5.73 Å². The molecule has 1 aromatic carbocycles. The second-order valence-corrected chi connectivity index (χ2v) is 4.00. The number of carbonyl (C=O) groups excluding carboxylic acids is 1. The monoisotopic (exact) mass is 251 g/mol. The van der Waals surface area contributed by atoms with E-state index in [0.717, 1.165) is 6.42 Å². The fourth-order valence-electron chi connectivity index (χ4n) is 1.59. The molecule has 0 fully saturated rings. The van der Waals surface area contributed by atoms with E-state index in [1.807, 2.05) is 6.92 Å². The van der Waals surface area contributed by atoms with Gasteiger partial charge in [-0.1, -0.05) is 31.5 Å². The highest BCUT2D eigenvalue weighted by Gasteiger charge is 2.15. The zero-order valence-corrected chi connectivity index (χ0v) is 10.3. The predicted molar refractivity (Wildman–Crippen MR) is 67.8 cm³/mol. The Morgan fingerprint density at radius 3 is 2.78 bits per heavy atom. The molecule has 0 saturated carbocycles. The summed E-state index contributed by atoms with van der Waals surface area (Å²) in [5, 5.41) is 13.4. The van der Waals surface area contributed by atoms with Crippen molar-refractivity contribution < 1.29 is 9.72 Å². The van der Waals surface area contributed by atoms with Gasteiger partial charge in [-0.3, -0.25) is 14.9 Å². The van der Waals surface area contributed by atoms with Gasteiger partial charge in [-0.05, 0) is 6.42 Å². The first-order valence-corrected chi connectivity index (χ1v) is 5.81. The number of amides is 1. The molecule has 0 heterocycles. The highest BCUT2D eigenvalue weighted by atomic mass is 16.6. The van der Waals surface area contributed by atoms with Gasteiger partial charge < -0.3 is 11.1 Å². The van der Waals surface area contributed by atoms with E-state index in [-0.39, 0.29) is 18.1 Å². The first-order chi connectivity index (χ1) is 8.56. The van der Waals surface area contributed by atoms with Crippen LogP contribution in [0.25, 0.3) is 0 Å². The smallest absolute Gasteiger partial charge is 0.274 e. The van der Waals surface area contributed by atoms with Gasteiger partial charge in [0.2, 0.25) is 5.91 Å². The predicted octanol–water partition coefficient (Wildman–Crippen LogP) is 1.34. The molecular weight excluding hydrogens is 234 g/mol. The molecule has 0 aliphatic heterocycles. The molecule has 0 spiro atoms. The summed E-state index contributed by atoms with van der Waals surface area (Å²) in [5.74, 6) is -0.282. The van der Waals surface area contributed by atoms with E-state index in [1.165, 1.54) is 6.07 Å². The van der Waals surface area contributed by atoms with E-state index in [0.29, 0.717) is 12.0 Å². The van der Waals surface area contributed by atoms with E-state index < -0.39 is 11.0 Å². The van der Waals surface area contributed by atoms with Gasteiger partial charge in [0.1, 0.15) is 0 Å². The molecule has 1 amide bonds. The number of rotatable bonds is 6. The van der Waals surface area contributed by atoms with Crippen molar-refractivity contribution in [2.45, 2.75) is 32.4 Å². The molecule has 0 saturated heterocycles. The zero-order chi connectivity index (χ0) is 13.5. The second kappa shape index (κ2) is 6.70. The lowest BCUT2D eigenvalue weighted by Gasteiger charge is -2.11. The van der Waals surface area contributed by atoms with Crippen molar-refractivity contribution in [3.05, 3.63) is 39.9 Å². The largest absolute Gasteiger partial charge is 0.350 e. The Morgan fingerprint density at radius 2 is 2.17 bits per heavy atom. The normalized spacial score (nSPS) is 11.9. The van der Waals surface area contributed by atoms with E-state index in [4.69, 9.17) is 5.73 Å². The van der Waals surface area contributed by atoms with Gasteiger partial charge in [-0.2, -0.15) is 0 Å². The van der Waals surface area contributed by atoms with E-state index in [2.05, 4.69) is 5.32 Å². The topological polar surface area (TPSA) is 98.3 Å². The van der Waals surface area contributed by atoms with Crippen LogP contribution >= 0.6 is 0 Å². The van der Waals surface area contributed by atoms with Crippen LogP contribution in [-0.2, 0) is 11.3 Å². The van der Waals surface area contributed by atoms with Gasteiger partial charge in [0, 0.05) is 18.2 Å². The fourth-order valence-corrected chi connectivity index (χ4v) is 1.59. The minimum atomic E-state index is -0.558. The average molecular weight is 251 g/mol. The van der Waals surface area contributed by atoms with Gasteiger partial charge in [0.25, 0.3) is 5.69 Å². The first-order valence-electron chi connectivity index (χ1n) is 5.81. The third-order valence-electron chi connectivity index (χ3n) is 2.58. The van der Waals surface area contributed by atoms with Gasteiger partial charge in [0.15, 0.2) is 0 Å². The Morgan fingerprint density at radius 1 is 1.50 bits per heavy atom. The van der Waals surface area contributed by atoms with Gasteiger partial charge in [-0.25, -0.2) is 0 Å². The highest BCUT2D eigenvalue weighted by molar-refractivity contribution is 5.81. The number of hydrogen-bond donors (Lipinski definition) is 2. The number of carbonyl (C=O) groups is 1. The van der Waals surface area contributed by atoms with Gasteiger partial charge >= 0.3 is 0 Å². The number of nitrogens with zero attached hydrogens (tertiary/aromatic N) is 1. The molecule has 1 atom stereocenters. The standard InChI is InChI=1S/C12H17N3O3/c1-2-5-10(13)12(16)14-8-9-6-3-4-7-11(9)15(17)18/h3-4,6-7,10H,2,5,8,13H2,1H3,(H,14,16). The third-order valence-corrected chi connectivity index (χ3v) is 2.58. The molecule has 0 aliphatic carbocycles. The molecule has 1 unspecified atom stereocenters. The van der Waals surface area contributed by atoms with Crippen LogP contribution in [-0.4, -0.2) is 16.9 Å². The summed E-state index contributed by atoms with van der Waals surface area (Å²) in [7, 11) is 0. The maximum Gasteiger partial charge on any atom is 0.274 e. The molecule has 6 heteroatoms. The molecular formula is C12H17N3O3. The van der Waals surface area contributed by atoms with E-state index >= 15 is 0 Å². The third kappa shape index (κ3) is 3.81. The number of hydrogen-bond acceptors (Lipinski definition) is 4. The molecule has 0 aromatic heterocycles. The summed E-state index contributed by atoms with van der Waals surface area (Å²) in [5.41, 5.74) is 6.12. The summed E-state index contributed by atoms with van der Waals surface area (Å²) < 4.78 is 0. The lowest BCUT2D eigenvalue weighted by Crippen LogP contribution is -2.40. The quantitative estimate of drug-likeness (QED) is 0.588. The molecule has 0 radical (unpaired) electrons. The van der Waals surface area contributed by atoms with Crippen LogP contribution in [0.4, 0.5) is 5.69 Å². The van der Waals surface area contributed by atoms with Crippen molar-refractivity contribution >= 4 is 11.6 Å². The summed E-state index contributed by atoms with van der Waals surface area (Å²) in [6.45, 7) is 2.06. The first kappa shape index (κ1) is 14.1. The number of nitrogens with one attached hydrogen (secondary N) is 1. The number of benzene rings is 1. The van der Waals surface area contributed by atoms with Crippen LogP contribution < -0.4 is 11.1 Å². The Hall–Kier alpha value is -1.95. The Bertz CT molecular complexity index is 434. The Labute approximate surface area is 105 Å². The second-order valence-electron chi connectivity index (χ2n) is 4.00. The average Bonchev–Trinajstić information content (AvgIpc) is 2.36. The summed E-state index contributed by atoms with van der Waals surface area (Å²) in [6.07, 6.45) is 1.42. The van der Waals surface area contributed by atoms with E-state index in [1.54, 1.807) is 18.2 Å². The van der Waals surface area contributed by atoms with Gasteiger partial charge in [-0.15, -0.1) is 0 Å². The minimum absolute atomic E-state index is 0.00172. The molecule has 3 N–H and O–H groups in total. The van der Waals surface area contributed by atoms with Crippen molar-refractivity contribution in [2.75, 3.05) is 0 Å². The number of nitro benzene ring substituents is 1. The lowest BCUT2D eigenvalue weighted by molar-refractivity contribution is -0.385. The Kier molecular flexibility index (Phi) is 5.26. The summed E-state index contributed by atoms with van der Waals surface area (Å²) >= 11 is 0. The van der Waals surface area contributed by atoms with Crippen LogP contribution in [0.15, 0.2) is 24.3 Å². The van der Waals surface area contributed by atoms with Gasteiger partial charge in [0.05, 0.1) is 11.0 Å². The number of nitro groups is 1. The molecule has 0 bridgehead atoms. The van der Waals surface area contributed by atoms with Crippen LogP contribution in [0, 0.1) is 10.1 Å². The molecule has 0 aliphatic rings. The fraction of sp³-hybridized carbons (Fsp3) is 0.417. The maximum atomic E-state index is 11.6. The molecule has 6 nitrogen and oxygen atoms in total. The van der Waals surface area contributed by atoms with Crippen molar-refractivity contribution in [3.8, 4) is 0 Å². The van der Waals surface area contributed by atoms with Crippen LogP contribution in [0.5, 0.6) is 0 Å². The molecule has 98 valence electrons. The summed E-state index contributed by atoms with van der Waals surface area (Å²) in [6, 6.07) is 5.75. The highest BCUT2D eigenvalue weighted by Crippen LogP contribution is 2.17. The number of para-hydroxylation sites is 1. The van der Waals surface area contributed by atoms with Crippen molar-refractivity contribution in [1.82, 2.24) is 5.32 Å². The SMILES string of the molecule is CCCC(N)C(=O)NCc1ccccc1[N+](=O)[O-]. The van der Waals surface area contributed by atoms with Crippen LogP contribution in [0.1, 0.15) is 25.3 Å². The molecule has 18 heavy (non-hydrogen) atoms. The van der Waals surface area contributed by atoms with Crippen molar-refractivity contribution in [1.29, 1.82) is 0 Å². The lowest BCUT2D eigenvalue weighted by atomic mass is 10.1. The zero-order valence-electron chi connectivity index (χ0n) is 10.3. The van der Waals surface area contributed by atoms with E-state index in [9.17, 15) is 14.9 Å². The summed E-state index contributed by atoms with van der Waals surface area (Å²) in [4.78, 5) is 21.9. The van der Waals surface area contributed by atoms with Crippen molar-refractivity contribution in [3.63, 3.8) is 0 Å². The minimum Gasteiger partial charge on any atom is -0.350 e.